The van der Waals surface area contributed by atoms with E-state index in [1.54, 1.807) is 42.5 Å². The molecular weight excluding hydrogens is 382 g/mol. The van der Waals surface area contributed by atoms with Crippen LogP contribution in [0.2, 0.25) is 0 Å². The summed E-state index contributed by atoms with van der Waals surface area (Å²) in [4.78, 5) is 42.1. The van der Waals surface area contributed by atoms with Crippen LogP contribution < -0.4 is 14.8 Å². The summed E-state index contributed by atoms with van der Waals surface area (Å²) in [5.41, 5.74) is 1.01. The highest BCUT2D eigenvalue weighted by atomic mass is 32.2. The molecule has 0 saturated carbocycles. The lowest BCUT2D eigenvalue weighted by Crippen LogP contribution is -2.37. The molecule has 0 spiro atoms. The van der Waals surface area contributed by atoms with Gasteiger partial charge in [-0.15, -0.1) is 0 Å². The number of hydrogen-bond donors (Lipinski definition) is 1. The molecule has 3 heterocycles. The molecule has 0 aliphatic carbocycles. The molecule has 1 saturated heterocycles. The number of imide groups is 1. The van der Waals surface area contributed by atoms with Crippen LogP contribution in [0.1, 0.15) is 16.1 Å². The van der Waals surface area contributed by atoms with Crippen molar-refractivity contribution in [1.82, 2.24) is 15.2 Å². The number of nitrogens with one attached hydrogen (secondary N) is 1. The quantitative estimate of drug-likeness (QED) is 0.773. The second-order valence-electron chi connectivity index (χ2n) is 5.92. The topological polar surface area (TPSA) is 97.8 Å². The Hall–Kier alpha value is -3.33. The monoisotopic (exact) mass is 397 g/mol. The van der Waals surface area contributed by atoms with E-state index in [-0.39, 0.29) is 42.6 Å². The Morgan fingerprint density at radius 2 is 2.07 bits per heavy atom. The molecule has 2 aliphatic heterocycles. The van der Waals surface area contributed by atoms with Crippen LogP contribution in [0.4, 0.5) is 4.79 Å². The van der Waals surface area contributed by atoms with Crippen molar-refractivity contribution in [1.29, 1.82) is 0 Å². The lowest BCUT2D eigenvalue weighted by molar-refractivity contribution is -0.122. The van der Waals surface area contributed by atoms with Gasteiger partial charge in [0.2, 0.25) is 6.79 Å². The van der Waals surface area contributed by atoms with Crippen molar-refractivity contribution in [2.45, 2.75) is 0 Å². The molecule has 142 valence electrons. The van der Waals surface area contributed by atoms with E-state index in [0.717, 1.165) is 22.2 Å². The molecule has 3 amide bonds. The molecule has 2 aliphatic rings. The van der Waals surface area contributed by atoms with Crippen LogP contribution in [0.3, 0.4) is 0 Å². The molecule has 0 unspecified atom stereocenters. The van der Waals surface area contributed by atoms with Crippen molar-refractivity contribution in [3.8, 4) is 11.5 Å². The zero-order valence-corrected chi connectivity index (χ0v) is 15.4. The molecule has 8 nitrogen and oxygen atoms in total. The first-order valence-corrected chi connectivity index (χ1v) is 9.28. The normalized spacial score (nSPS) is 16.7. The fourth-order valence-electron chi connectivity index (χ4n) is 2.72. The van der Waals surface area contributed by atoms with Gasteiger partial charge in [-0.25, -0.2) is 0 Å². The largest absolute Gasteiger partial charge is 0.454 e. The third-order valence-corrected chi connectivity index (χ3v) is 4.99. The molecular formula is C19H15N3O5S. The maximum absolute atomic E-state index is 12.5. The first kappa shape index (κ1) is 18.1. The molecule has 0 bridgehead atoms. The predicted molar refractivity (Wildman–Crippen MR) is 102 cm³/mol. The van der Waals surface area contributed by atoms with E-state index in [9.17, 15) is 14.4 Å². The van der Waals surface area contributed by atoms with Gasteiger partial charge in [-0.1, -0.05) is 12.1 Å². The maximum atomic E-state index is 12.5. The van der Waals surface area contributed by atoms with Crippen molar-refractivity contribution < 1.29 is 23.9 Å². The Morgan fingerprint density at radius 1 is 1.21 bits per heavy atom. The van der Waals surface area contributed by atoms with E-state index >= 15 is 0 Å². The minimum Gasteiger partial charge on any atom is -0.454 e. The van der Waals surface area contributed by atoms with Gasteiger partial charge in [0.25, 0.3) is 17.1 Å². The van der Waals surface area contributed by atoms with Gasteiger partial charge >= 0.3 is 0 Å². The van der Waals surface area contributed by atoms with Crippen molar-refractivity contribution >= 4 is 34.9 Å². The number of fused-ring (bicyclic) bond motifs is 1. The minimum absolute atomic E-state index is 0.0850. The molecule has 2 aromatic rings. The fourth-order valence-corrected chi connectivity index (χ4v) is 3.58. The molecule has 1 aromatic heterocycles. The summed E-state index contributed by atoms with van der Waals surface area (Å²) in [5, 5.41) is 2.28. The summed E-state index contributed by atoms with van der Waals surface area (Å²) in [6.45, 7) is 0.395. The van der Waals surface area contributed by atoms with Crippen LogP contribution in [0.5, 0.6) is 11.5 Å². The second kappa shape index (κ2) is 7.73. The van der Waals surface area contributed by atoms with Gasteiger partial charge in [-0.05, 0) is 47.7 Å². The molecule has 1 fully saturated rings. The third kappa shape index (κ3) is 3.70. The number of thioether (sulfide) groups is 1. The molecule has 0 radical (unpaired) electrons. The average molecular weight is 397 g/mol. The van der Waals surface area contributed by atoms with Crippen LogP contribution in [0.25, 0.3) is 6.08 Å². The molecule has 4 rings (SSSR count). The Labute approximate surface area is 164 Å². The number of benzene rings is 1. The predicted octanol–water partition coefficient (Wildman–Crippen LogP) is 2.28. The number of aromatic nitrogens is 1. The van der Waals surface area contributed by atoms with E-state index in [1.807, 2.05) is 0 Å². The number of hydrogen-bond acceptors (Lipinski definition) is 7. The number of rotatable bonds is 5. The summed E-state index contributed by atoms with van der Waals surface area (Å²) in [6.07, 6.45) is 3.16. The highest BCUT2D eigenvalue weighted by Crippen LogP contribution is 2.36. The zero-order chi connectivity index (χ0) is 19.5. The summed E-state index contributed by atoms with van der Waals surface area (Å²) in [7, 11) is 0. The van der Waals surface area contributed by atoms with E-state index in [1.165, 1.54) is 6.20 Å². The van der Waals surface area contributed by atoms with Gasteiger partial charge in [0.1, 0.15) is 5.69 Å². The van der Waals surface area contributed by atoms with Crippen molar-refractivity contribution in [3.05, 3.63) is 58.8 Å². The first-order valence-electron chi connectivity index (χ1n) is 8.46. The van der Waals surface area contributed by atoms with Gasteiger partial charge in [-0.2, -0.15) is 0 Å². The Kier molecular flexibility index (Phi) is 4.98. The van der Waals surface area contributed by atoms with Crippen LogP contribution in [0, 0.1) is 0 Å². The number of nitrogens with zero attached hydrogens (tertiary/aromatic N) is 2. The van der Waals surface area contributed by atoms with E-state index in [4.69, 9.17) is 9.47 Å². The molecule has 28 heavy (non-hydrogen) atoms. The number of amides is 3. The Balaban J connectivity index is 1.38. The molecule has 1 aromatic carbocycles. The molecule has 9 heteroatoms. The van der Waals surface area contributed by atoms with E-state index < -0.39 is 0 Å². The number of carbonyl (C=O) groups is 3. The van der Waals surface area contributed by atoms with Gasteiger partial charge in [-0.3, -0.25) is 24.3 Å². The smallest absolute Gasteiger partial charge is 0.293 e. The van der Waals surface area contributed by atoms with Crippen molar-refractivity contribution in [2.75, 3.05) is 19.9 Å². The molecule has 0 atom stereocenters. The van der Waals surface area contributed by atoms with Gasteiger partial charge in [0.05, 0.1) is 4.91 Å². The SMILES string of the molecule is O=C(NCCN1C(=O)S/C(=C\c2ccc3c(c2)OCO3)C1=O)c1ccccn1. The number of ether oxygens (including phenoxy) is 2. The average Bonchev–Trinajstić information content (AvgIpc) is 3.28. The summed E-state index contributed by atoms with van der Waals surface area (Å²) < 4.78 is 10.6. The number of carbonyl (C=O) groups excluding carboxylic acids is 3. The first-order chi connectivity index (χ1) is 13.6. The molecule has 1 N–H and O–H groups in total. The number of pyridine rings is 1. The third-order valence-electron chi connectivity index (χ3n) is 4.09. The maximum Gasteiger partial charge on any atom is 0.293 e. The van der Waals surface area contributed by atoms with E-state index in [0.29, 0.717) is 16.4 Å². The van der Waals surface area contributed by atoms with Gasteiger partial charge in [0.15, 0.2) is 11.5 Å². The van der Waals surface area contributed by atoms with Crippen molar-refractivity contribution in [3.63, 3.8) is 0 Å². The highest BCUT2D eigenvalue weighted by Gasteiger charge is 2.34. The van der Waals surface area contributed by atoms with Crippen LogP contribution in [-0.2, 0) is 4.79 Å². The van der Waals surface area contributed by atoms with Crippen LogP contribution >= 0.6 is 11.8 Å². The van der Waals surface area contributed by atoms with Crippen LogP contribution in [-0.4, -0.2) is 46.8 Å². The summed E-state index contributed by atoms with van der Waals surface area (Å²) >= 11 is 0.867. The lowest BCUT2D eigenvalue weighted by Gasteiger charge is -2.12. The Morgan fingerprint density at radius 3 is 2.89 bits per heavy atom. The lowest BCUT2D eigenvalue weighted by atomic mass is 10.2. The second-order valence-corrected chi connectivity index (χ2v) is 6.91. The van der Waals surface area contributed by atoms with Crippen LogP contribution in [0.15, 0.2) is 47.5 Å². The highest BCUT2D eigenvalue weighted by molar-refractivity contribution is 8.18. The fraction of sp³-hybridized carbons (Fsp3) is 0.158. The summed E-state index contributed by atoms with van der Waals surface area (Å²) in [5.74, 6) is 0.502. The van der Waals surface area contributed by atoms with Crippen molar-refractivity contribution in [2.24, 2.45) is 0 Å². The van der Waals surface area contributed by atoms with E-state index in [2.05, 4.69) is 10.3 Å². The van der Waals surface area contributed by atoms with Gasteiger partial charge in [0, 0.05) is 19.3 Å². The standard InChI is InChI=1S/C19H15N3O5S/c23-17(13-3-1-2-6-20-13)21-7-8-22-18(24)16(28-19(22)25)10-12-4-5-14-15(9-12)27-11-26-14/h1-6,9-10H,7-8,11H2,(H,21,23)/b16-10-. The minimum atomic E-state index is -0.389. The zero-order valence-electron chi connectivity index (χ0n) is 14.6. The Bertz CT molecular complexity index is 977. The summed E-state index contributed by atoms with van der Waals surface area (Å²) in [6, 6.07) is 10.3. The van der Waals surface area contributed by atoms with Gasteiger partial charge < -0.3 is 14.8 Å².